The normalized spacial score (nSPS) is 10.9. The highest BCUT2D eigenvalue weighted by Gasteiger charge is 2.13. The second-order valence-corrected chi connectivity index (χ2v) is 9.66. The van der Waals surface area contributed by atoms with Crippen LogP contribution in [0.5, 0.6) is 0 Å². The smallest absolute Gasteiger partial charge is 0.255 e. The van der Waals surface area contributed by atoms with Crippen molar-refractivity contribution in [1.29, 1.82) is 0 Å². The van der Waals surface area contributed by atoms with Crippen molar-refractivity contribution in [3.63, 3.8) is 0 Å². The third-order valence-corrected chi connectivity index (χ3v) is 6.76. The number of nitrogens with one attached hydrogen (secondary N) is 2. The van der Waals surface area contributed by atoms with E-state index < -0.39 is 0 Å². The number of thiazole rings is 1. The van der Waals surface area contributed by atoms with Crippen molar-refractivity contribution in [3.05, 3.63) is 88.5 Å². The topological polar surface area (TPSA) is 71.1 Å². The van der Waals surface area contributed by atoms with Crippen LogP contribution in [0.1, 0.15) is 45.5 Å². The van der Waals surface area contributed by atoms with E-state index in [2.05, 4.69) is 34.7 Å². The maximum Gasteiger partial charge on any atom is 0.255 e. The highest BCUT2D eigenvalue weighted by Crippen LogP contribution is 2.28. The number of Topliss-reactive ketones (excluding diaryl/α,β-unsaturated/α-hetero) is 1. The van der Waals surface area contributed by atoms with E-state index in [9.17, 15) is 9.59 Å². The summed E-state index contributed by atoms with van der Waals surface area (Å²) in [4.78, 5) is 29.7. The second kappa shape index (κ2) is 10.6. The van der Waals surface area contributed by atoms with Crippen molar-refractivity contribution in [2.75, 3.05) is 17.2 Å². The lowest BCUT2D eigenvalue weighted by atomic mass is 10.0. The number of nitrogens with zero attached hydrogens (tertiary/aromatic N) is 1. The van der Waals surface area contributed by atoms with Crippen molar-refractivity contribution in [2.45, 2.75) is 40.0 Å². The molecule has 6 heteroatoms. The highest BCUT2D eigenvalue weighted by atomic mass is 32.1. The number of aryl methyl sites for hydroxylation is 4. The summed E-state index contributed by atoms with van der Waals surface area (Å²) >= 11 is 1.49. The molecule has 0 fully saturated rings. The van der Waals surface area contributed by atoms with E-state index in [-0.39, 0.29) is 11.7 Å². The van der Waals surface area contributed by atoms with Crippen LogP contribution >= 0.6 is 11.3 Å². The number of fused-ring (bicyclic) bond motifs is 1. The molecule has 1 aromatic heterocycles. The Labute approximate surface area is 204 Å². The van der Waals surface area contributed by atoms with Gasteiger partial charge >= 0.3 is 0 Å². The molecule has 0 aliphatic rings. The number of benzene rings is 3. The molecule has 0 spiro atoms. The molecular weight excluding hydrogens is 442 g/mol. The Kier molecular flexibility index (Phi) is 7.38. The van der Waals surface area contributed by atoms with Gasteiger partial charge in [0.2, 0.25) is 0 Å². The molecule has 0 unspecified atom stereocenters. The molecule has 1 amide bonds. The third kappa shape index (κ3) is 5.88. The Hall–Kier alpha value is -3.51. The van der Waals surface area contributed by atoms with E-state index in [0.717, 1.165) is 38.6 Å². The van der Waals surface area contributed by atoms with Gasteiger partial charge in [-0.1, -0.05) is 59.4 Å². The molecule has 3 aromatic carbocycles. The fourth-order valence-electron chi connectivity index (χ4n) is 4.07. The Balaban J connectivity index is 1.34. The average Bonchev–Trinajstić information content (AvgIpc) is 3.22. The first kappa shape index (κ1) is 23.6. The van der Waals surface area contributed by atoms with Crippen LogP contribution in [0.15, 0.2) is 60.7 Å². The summed E-state index contributed by atoms with van der Waals surface area (Å²) < 4.78 is 0.933. The van der Waals surface area contributed by atoms with E-state index in [4.69, 9.17) is 0 Å². The standard InChI is InChI=1S/C28H29N3O2S/c1-18-15-19(2)26(20(3)16-18)31-27(33)22-10-12-24-25(17-22)34-28(30-24)29-14-13-23(32)11-9-21-7-5-4-6-8-21/h4-8,10,12,15-17H,9,11,13-14H2,1-3H3,(H,29,30)(H,31,33). The monoisotopic (exact) mass is 471 g/mol. The number of amides is 1. The van der Waals surface area contributed by atoms with Gasteiger partial charge in [-0.25, -0.2) is 4.98 Å². The van der Waals surface area contributed by atoms with Crippen LogP contribution in [0, 0.1) is 20.8 Å². The van der Waals surface area contributed by atoms with Crippen molar-refractivity contribution < 1.29 is 9.59 Å². The molecular formula is C28H29N3O2S. The molecule has 4 rings (SSSR count). The van der Waals surface area contributed by atoms with Gasteiger partial charge in [-0.3, -0.25) is 9.59 Å². The average molecular weight is 472 g/mol. The summed E-state index contributed by atoms with van der Waals surface area (Å²) in [6, 6.07) is 19.7. The van der Waals surface area contributed by atoms with Crippen molar-refractivity contribution in [3.8, 4) is 0 Å². The first-order valence-electron chi connectivity index (χ1n) is 11.5. The molecule has 4 aromatic rings. The molecule has 0 saturated heterocycles. The fourth-order valence-corrected chi connectivity index (χ4v) is 5.00. The van der Waals surface area contributed by atoms with E-state index in [1.165, 1.54) is 22.5 Å². The number of anilines is 2. The Morgan fingerprint density at radius 1 is 0.912 bits per heavy atom. The maximum absolute atomic E-state index is 12.9. The predicted molar refractivity (Wildman–Crippen MR) is 141 cm³/mol. The molecule has 0 aliphatic carbocycles. The molecule has 34 heavy (non-hydrogen) atoms. The molecule has 0 radical (unpaired) electrons. The van der Waals surface area contributed by atoms with E-state index in [0.29, 0.717) is 24.9 Å². The van der Waals surface area contributed by atoms with Crippen LogP contribution in [0.25, 0.3) is 10.2 Å². The first-order chi connectivity index (χ1) is 16.4. The molecule has 0 aliphatic heterocycles. The summed E-state index contributed by atoms with van der Waals surface area (Å²) in [6.45, 7) is 6.61. The number of carbonyl (C=O) groups excluding carboxylic acids is 2. The van der Waals surface area contributed by atoms with Crippen molar-refractivity contribution in [2.24, 2.45) is 0 Å². The summed E-state index contributed by atoms with van der Waals surface area (Å²) in [5.41, 5.74) is 6.75. The van der Waals surface area contributed by atoms with E-state index >= 15 is 0 Å². The summed E-state index contributed by atoms with van der Waals surface area (Å²) in [6.07, 6.45) is 1.78. The largest absolute Gasteiger partial charge is 0.361 e. The summed E-state index contributed by atoms with van der Waals surface area (Å²) in [5, 5.41) is 7.07. The fraction of sp³-hybridized carbons (Fsp3) is 0.250. The zero-order valence-corrected chi connectivity index (χ0v) is 20.6. The highest BCUT2D eigenvalue weighted by molar-refractivity contribution is 7.22. The summed E-state index contributed by atoms with van der Waals surface area (Å²) in [5.74, 6) is 0.0991. The zero-order valence-electron chi connectivity index (χ0n) is 19.8. The number of aromatic nitrogens is 1. The molecule has 0 atom stereocenters. The van der Waals surface area contributed by atoms with Crippen LogP contribution in [-0.4, -0.2) is 23.2 Å². The molecule has 5 nitrogen and oxygen atoms in total. The molecule has 1 heterocycles. The molecule has 174 valence electrons. The van der Waals surface area contributed by atoms with E-state index in [1.807, 2.05) is 56.3 Å². The van der Waals surface area contributed by atoms with Gasteiger partial charge < -0.3 is 10.6 Å². The van der Waals surface area contributed by atoms with Gasteiger partial charge in [-0.05, 0) is 62.1 Å². The van der Waals surface area contributed by atoms with Gasteiger partial charge in [-0.2, -0.15) is 0 Å². The maximum atomic E-state index is 12.9. The van der Waals surface area contributed by atoms with Gasteiger partial charge in [0, 0.05) is 30.6 Å². The Morgan fingerprint density at radius 2 is 1.65 bits per heavy atom. The predicted octanol–water partition coefficient (Wildman–Crippen LogP) is 6.48. The molecule has 0 saturated carbocycles. The third-order valence-electron chi connectivity index (χ3n) is 5.78. The van der Waals surface area contributed by atoms with Crippen LogP contribution in [0.4, 0.5) is 10.8 Å². The minimum atomic E-state index is -0.135. The van der Waals surface area contributed by atoms with Crippen LogP contribution < -0.4 is 10.6 Å². The zero-order chi connectivity index (χ0) is 24.1. The van der Waals surface area contributed by atoms with Gasteiger partial charge in [-0.15, -0.1) is 0 Å². The second-order valence-electron chi connectivity index (χ2n) is 8.63. The Bertz CT molecular complexity index is 1310. The van der Waals surface area contributed by atoms with Crippen molar-refractivity contribution in [1.82, 2.24) is 4.98 Å². The van der Waals surface area contributed by atoms with Crippen LogP contribution in [-0.2, 0) is 11.2 Å². The van der Waals surface area contributed by atoms with E-state index in [1.54, 1.807) is 6.07 Å². The number of hydrogen-bond acceptors (Lipinski definition) is 5. The minimum Gasteiger partial charge on any atom is -0.361 e. The lowest BCUT2D eigenvalue weighted by Gasteiger charge is -2.12. The number of ketones is 1. The number of rotatable bonds is 9. The number of carbonyl (C=O) groups is 2. The van der Waals surface area contributed by atoms with Gasteiger partial charge in [0.1, 0.15) is 5.78 Å². The lowest BCUT2D eigenvalue weighted by Crippen LogP contribution is -2.13. The van der Waals surface area contributed by atoms with Gasteiger partial charge in [0.05, 0.1) is 10.2 Å². The van der Waals surface area contributed by atoms with Crippen LogP contribution in [0.3, 0.4) is 0 Å². The lowest BCUT2D eigenvalue weighted by molar-refractivity contribution is -0.118. The van der Waals surface area contributed by atoms with Crippen molar-refractivity contribution >= 4 is 44.1 Å². The molecule has 2 N–H and O–H groups in total. The SMILES string of the molecule is Cc1cc(C)c(NC(=O)c2ccc3nc(NCCC(=O)CCc4ccccc4)sc3c2)c(C)c1. The van der Waals surface area contributed by atoms with Crippen LogP contribution in [0.2, 0.25) is 0 Å². The van der Waals surface area contributed by atoms with Gasteiger partial charge in [0.15, 0.2) is 5.13 Å². The Morgan fingerprint density at radius 3 is 2.38 bits per heavy atom. The number of hydrogen-bond donors (Lipinski definition) is 2. The van der Waals surface area contributed by atoms with Gasteiger partial charge in [0.25, 0.3) is 5.91 Å². The quantitative estimate of drug-likeness (QED) is 0.293. The first-order valence-corrected chi connectivity index (χ1v) is 12.3. The molecule has 0 bridgehead atoms. The minimum absolute atomic E-state index is 0.135. The summed E-state index contributed by atoms with van der Waals surface area (Å²) in [7, 11) is 0.